The first-order chi connectivity index (χ1) is 10.4. The Morgan fingerprint density at radius 3 is 1.62 bits per heavy atom. The van der Waals surface area contributed by atoms with E-state index in [-0.39, 0.29) is 0 Å². The zero-order valence-corrected chi connectivity index (χ0v) is 12.2. The molecule has 1 aliphatic rings. The molecule has 2 aromatic rings. The van der Waals surface area contributed by atoms with Crippen molar-refractivity contribution in [3.63, 3.8) is 0 Å². The van der Waals surface area contributed by atoms with Crippen LogP contribution in [-0.4, -0.2) is 11.4 Å². The van der Waals surface area contributed by atoms with Crippen molar-refractivity contribution in [2.24, 2.45) is 5.92 Å². The second-order valence-electron chi connectivity index (χ2n) is 5.57. The summed E-state index contributed by atoms with van der Waals surface area (Å²) in [4.78, 5) is 2.52. The Morgan fingerprint density at radius 2 is 1.14 bits per heavy atom. The van der Waals surface area contributed by atoms with Crippen molar-refractivity contribution in [2.75, 3.05) is 6.54 Å². The zero-order chi connectivity index (χ0) is 14.3. The molecule has 21 heavy (non-hydrogen) atoms. The number of benzene rings is 2. The van der Waals surface area contributed by atoms with Crippen LogP contribution >= 0.6 is 0 Å². The lowest BCUT2D eigenvalue weighted by Gasteiger charge is -2.24. The van der Waals surface area contributed by atoms with Gasteiger partial charge in [0.2, 0.25) is 0 Å². The van der Waals surface area contributed by atoms with E-state index in [1.807, 2.05) is 0 Å². The van der Waals surface area contributed by atoms with Gasteiger partial charge in [-0.25, -0.2) is 0 Å². The molecule has 3 rings (SSSR count). The van der Waals surface area contributed by atoms with Crippen LogP contribution in [0.4, 0.5) is 0 Å². The van der Waals surface area contributed by atoms with Crippen molar-refractivity contribution in [3.8, 4) is 0 Å². The van der Waals surface area contributed by atoms with Gasteiger partial charge >= 0.3 is 0 Å². The maximum absolute atomic E-state index is 2.52. The van der Waals surface area contributed by atoms with Gasteiger partial charge < -0.3 is 0 Å². The molecule has 0 aromatic heterocycles. The van der Waals surface area contributed by atoms with Crippen molar-refractivity contribution in [1.29, 1.82) is 0 Å². The van der Waals surface area contributed by atoms with Gasteiger partial charge in [-0.1, -0.05) is 85.0 Å². The van der Waals surface area contributed by atoms with Gasteiger partial charge in [-0.05, 0) is 11.1 Å². The summed E-state index contributed by atoms with van der Waals surface area (Å²) in [6, 6.07) is 21.4. The molecule has 0 amide bonds. The molecule has 0 unspecified atom stereocenters. The molecule has 2 aromatic carbocycles. The Kier molecular flexibility index (Phi) is 4.65. The fraction of sp³-hybridized carbons (Fsp3) is 0.200. The lowest BCUT2D eigenvalue weighted by atomic mass is 10.1. The summed E-state index contributed by atoms with van der Waals surface area (Å²) < 4.78 is 0. The van der Waals surface area contributed by atoms with Gasteiger partial charge in [0.25, 0.3) is 0 Å². The van der Waals surface area contributed by atoms with Gasteiger partial charge in [0.05, 0.1) is 0 Å². The van der Waals surface area contributed by atoms with Crippen LogP contribution in [0.5, 0.6) is 0 Å². The molecule has 0 N–H and O–H groups in total. The van der Waals surface area contributed by atoms with E-state index in [4.69, 9.17) is 0 Å². The highest BCUT2D eigenvalue weighted by Crippen LogP contribution is 2.16. The number of hydrogen-bond donors (Lipinski definition) is 0. The van der Waals surface area contributed by atoms with Crippen molar-refractivity contribution >= 4 is 0 Å². The van der Waals surface area contributed by atoms with Crippen LogP contribution in [0.3, 0.4) is 0 Å². The van der Waals surface area contributed by atoms with Crippen molar-refractivity contribution < 1.29 is 0 Å². The van der Waals surface area contributed by atoms with Crippen LogP contribution in [-0.2, 0) is 13.1 Å². The zero-order valence-electron chi connectivity index (χ0n) is 12.2. The van der Waals surface area contributed by atoms with Gasteiger partial charge in [-0.3, -0.25) is 4.90 Å². The number of rotatable bonds is 6. The first kappa shape index (κ1) is 13.8. The van der Waals surface area contributed by atoms with Crippen LogP contribution in [0.15, 0.2) is 85.0 Å². The molecule has 1 nitrogen and oxygen atoms in total. The first-order valence-electron chi connectivity index (χ1n) is 7.55. The SMILES string of the molecule is C1=CC(CN(Cc2ccccc2)Cc2ccccc2)C=C1. The standard InChI is InChI=1S/C20H21N/c1-3-9-18(10-4-1)15-21(17-20-13-7-8-14-20)16-19-11-5-2-6-12-19/h1-14,20H,15-17H2. The summed E-state index contributed by atoms with van der Waals surface area (Å²) >= 11 is 0. The predicted molar refractivity (Wildman–Crippen MR) is 88.8 cm³/mol. The van der Waals surface area contributed by atoms with Gasteiger partial charge in [0.1, 0.15) is 0 Å². The van der Waals surface area contributed by atoms with Crippen LogP contribution in [0.1, 0.15) is 11.1 Å². The molecule has 106 valence electrons. The molecular weight excluding hydrogens is 254 g/mol. The Morgan fingerprint density at radius 1 is 0.667 bits per heavy atom. The van der Waals surface area contributed by atoms with E-state index < -0.39 is 0 Å². The van der Waals surface area contributed by atoms with Crippen LogP contribution in [0, 0.1) is 5.92 Å². The Hall–Kier alpha value is -2.12. The maximum atomic E-state index is 2.52. The molecule has 0 fully saturated rings. The fourth-order valence-electron chi connectivity index (χ4n) is 2.77. The van der Waals surface area contributed by atoms with Crippen molar-refractivity contribution in [3.05, 3.63) is 96.1 Å². The summed E-state index contributed by atoms with van der Waals surface area (Å²) in [7, 11) is 0. The molecule has 0 spiro atoms. The van der Waals surface area contributed by atoms with E-state index in [0.29, 0.717) is 5.92 Å². The molecule has 1 heteroatoms. The van der Waals surface area contributed by atoms with E-state index in [0.717, 1.165) is 19.6 Å². The van der Waals surface area contributed by atoms with E-state index in [1.165, 1.54) is 11.1 Å². The summed E-state index contributed by atoms with van der Waals surface area (Å²) in [5.41, 5.74) is 2.75. The summed E-state index contributed by atoms with van der Waals surface area (Å²) in [5.74, 6) is 0.539. The smallest absolute Gasteiger partial charge is 0.0237 e. The third-order valence-electron chi connectivity index (χ3n) is 3.79. The minimum atomic E-state index is 0.539. The molecule has 0 saturated carbocycles. The molecule has 0 radical (unpaired) electrons. The lowest BCUT2D eigenvalue weighted by Crippen LogP contribution is -2.27. The van der Waals surface area contributed by atoms with Gasteiger partial charge in [0.15, 0.2) is 0 Å². The molecule has 0 aliphatic heterocycles. The third kappa shape index (κ3) is 4.17. The van der Waals surface area contributed by atoms with E-state index in [9.17, 15) is 0 Å². The average molecular weight is 275 g/mol. The second-order valence-corrected chi connectivity index (χ2v) is 5.57. The average Bonchev–Trinajstić information content (AvgIpc) is 3.02. The van der Waals surface area contributed by atoms with Gasteiger partial charge in [-0.2, -0.15) is 0 Å². The highest BCUT2D eigenvalue weighted by atomic mass is 15.1. The predicted octanol–water partition coefficient (Wildman–Crippen LogP) is 4.43. The minimum Gasteiger partial charge on any atom is -0.294 e. The highest BCUT2D eigenvalue weighted by molar-refractivity contribution is 5.20. The second kappa shape index (κ2) is 7.05. The van der Waals surface area contributed by atoms with E-state index in [1.54, 1.807) is 0 Å². The molecule has 0 atom stereocenters. The monoisotopic (exact) mass is 275 g/mol. The molecule has 1 aliphatic carbocycles. The maximum Gasteiger partial charge on any atom is 0.0237 e. The summed E-state index contributed by atoms with van der Waals surface area (Å²) in [5, 5.41) is 0. The van der Waals surface area contributed by atoms with Crippen LogP contribution in [0.25, 0.3) is 0 Å². The molecule has 0 bridgehead atoms. The highest BCUT2D eigenvalue weighted by Gasteiger charge is 2.12. The molecule has 0 saturated heterocycles. The Labute approximate surface area is 127 Å². The van der Waals surface area contributed by atoms with E-state index in [2.05, 4.69) is 89.9 Å². The number of hydrogen-bond acceptors (Lipinski definition) is 1. The largest absolute Gasteiger partial charge is 0.294 e. The van der Waals surface area contributed by atoms with Gasteiger partial charge in [0, 0.05) is 25.6 Å². The normalized spacial score (nSPS) is 14.1. The fourth-order valence-corrected chi connectivity index (χ4v) is 2.77. The van der Waals surface area contributed by atoms with Gasteiger partial charge in [-0.15, -0.1) is 0 Å². The van der Waals surface area contributed by atoms with Crippen molar-refractivity contribution in [2.45, 2.75) is 13.1 Å². The van der Waals surface area contributed by atoms with Crippen LogP contribution < -0.4 is 0 Å². The van der Waals surface area contributed by atoms with Crippen molar-refractivity contribution in [1.82, 2.24) is 4.90 Å². The Bertz CT molecular complexity index is 545. The third-order valence-corrected chi connectivity index (χ3v) is 3.79. The first-order valence-corrected chi connectivity index (χ1v) is 7.55. The van der Waals surface area contributed by atoms with Crippen LogP contribution in [0.2, 0.25) is 0 Å². The number of nitrogens with zero attached hydrogens (tertiary/aromatic N) is 1. The topological polar surface area (TPSA) is 3.24 Å². The summed E-state index contributed by atoms with van der Waals surface area (Å²) in [6.07, 6.45) is 8.85. The lowest BCUT2D eigenvalue weighted by molar-refractivity contribution is 0.245. The van der Waals surface area contributed by atoms with E-state index >= 15 is 0 Å². The Balaban J connectivity index is 1.70. The quantitative estimate of drug-likeness (QED) is 0.753. The molecular formula is C20H21N. The summed E-state index contributed by atoms with van der Waals surface area (Å²) in [6.45, 7) is 3.05. The number of allylic oxidation sites excluding steroid dienone is 2. The minimum absolute atomic E-state index is 0.539. The molecule has 0 heterocycles.